The fourth-order valence-electron chi connectivity index (χ4n) is 2.24. The van der Waals surface area contributed by atoms with E-state index in [9.17, 15) is 4.39 Å². The topological polar surface area (TPSA) is 43.8 Å². The molecule has 18 heavy (non-hydrogen) atoms. The Bertz CT molecular complexity index is 519. The van der Waals surface area contributed by atoms with Crippen molar-refractivity contribution in [2.24, 2.45) is 5.73 Å². The molecule has 2 rings (SSSR count). The standard InChI is InChI=1S/C14H20FN3/c1-2-9-18-13-10-11(15)6-7-12(13)17-14(18)5-3-4-8-16/h6-7,10H,2-5,8-9,16H2,1H3. The van der Waals surface area contributed by atoms with Gasteiger partial charge in [0.05, 0.1) is 11.0 Å². The number of rotatable bonds is 6. The van der Waals surface area contributed by atoms with Crippen LogP contribution in [-0.4, -0.2) is 16.1 Å². The molecule has 1 aromatic heterocycles. The third-order valence-corrected chi connectivity index (χ3v) is 3.09. The van der Waals surface area contributed by atoms with Crippen molar-refractivity contribution in [3.63, 3.8) is 0 Å². The molecule has 0 saturated heterocycles. The molecule has 2 aromatic rings. The van der Waals surface area contributed by atoms with Gasteiger partial charge in [0.15, 0.2) is 0 Å². The number of hydrogen-bond acceptors (Lipinski definition) is 2. The van der Waals surface area contributed by atoms with Crippen LogP contribution < -0.4 is 5.73 Å². The van der Waals surface area contributed by atoms with Gasteiger partial charge in [-0.25, -0.2) is 9.37 Å². The number of unbranched alkanes of at least 4 members (excludes halogenated alkanes) is 1. The van der Waals surface area contributed by atoms with Crippen LogP contribution in [0.4, 0.5) is 4.39 Å². The minimum Gasteiger partial charge on any atom is -0.330 e. The average molecular weight is 249 g/mol. The molecule has 0 bridgehead atoms. The Hall–Kier alpha value is -1.42. The van der Waals surface area contributed by atoms with Crippen LogP contribution in [0.5, 0.6) is 0 Å². The first kappa shape index (κ1) is 13.0. The van der Waals surface area contributed by atoms with Crippen LogP contribution in [0.15, 0.2) is 18.2 Å². The van der Waals surface area contributed by atoms with E-state index in [0.29, 0.717) is 6.54 Å². The number of aromatic nitrogens is 2. The van der Waals surface area contributed by atoms with Gasteiger partial charge in [-0.05, 0) is 44.0 Å². The van der Waals surface area contributed by atoms with Gasteiger partial charge in [0.25, 0.3) is 0 Å². The van der Waals surface area contributed by atoms with E-state index in [4.69, 9.17) is 5.73 Å². The van der Waals surface area contributed by atoms with Crippen molar-refractivity contribution < 1.29 is 4.39 Å². The lowest BCUT2D eigenvalue weighted by Gasteiger charge is -2.07. The summed E-state index contributed by atoms with van der Waals surface area (Å²) < 4.78 is 15.4. The largest absolute Gasteiger partial charge is 0.330 e. The van der Waals surface area contributed by atoms with E-state index in [1.54, 1.807) is 12.1 Å². The SMILES string of the molecule is CCCn1c(CCCCN)nc2ccc(F)cc21. The molecule has 3 nitrogen and oxygen atoms in total. The van der Waals surface area contributed by atoms with Gasteiger partial charge >= 0.3 is 0 Å². The number of benzene rings is 1. The van der Waals surface area contributed by atoms with Crippen LogP contribution in [0.25, 0.3) is 11.0 Å². The van der Waals surface area contributed by atoms with Gasteiger partial charge in [0.1, 0.15) is 11.6 Å². The Morgan fingerprint density at radius 1 is 1.33 bits per heavy atom. The monoisotopic (exact) mass is 249 g/mol. The summed E-state index contributed by atoms with van der Waals surface area (Å²) in [6, 6.07) is 4.79. The first-order valence-corrected chi connectivity index (χ1v) is 6.61. The molecule has 1 heterocycles. The summed E-state index contributed by atoms with van der Waals surface area (Å²) in [7, 11) is 0. The summed E-state index contributed by atoms with van der Waals surface area (Å²) in [5.41, 5.74) is 7.29. The molecule has 0 saturated carbocycles. The molecule has 0 atom stereocenters. The summed E-state index contributed by atoms with van der Waals surface area (Å²) in [6.45, 7) is 3.72. The van der Waals surface area contributed by atoms with Crippen molar-refractivity contribution in [1.29, 1.82) is 0 Å². The van der Waals surface area contributed by atoms with Crippen LogP contribution in [-0.2, 0) is 13.0 Å². The summed E-state index contributed by atoms with van der Waals surface area (Å²) in [6.07, 6.45) is 3.97. The van der Waals surface area contributed by atoms with Gasteiger partial charge in [0, 0.05) is 13.0 Å². The molecular formula is C14H20FN3. The minimum absolute atomic E-state index is 0.201. The smallest absolute Gasteiger partial charge is 0.125 e. The van der Waals surface area contributed by atoms with Crippen molar-refractivity contribution in [1.82, 2.24) is 9.55 Å². The second-order valence-corrected chi connectivity index (χ2v) is 4.56. The molecule has 0 aliphatic carbocycles. The number of halogens is 1. The average Bonchev–Trinajstić information content (AvgIpc) is 2.68. The zero-order chi connectivity index (χ0) is 13.0. The van der Waals surface area contributed by atoms with Gasteiger partial charge in [-0.3, -0.25) is 0 Å². The molecule has 4 heteroatoms. The molecule has 1 aromatic carbocycles. The Kier molecular flexibility index (Phi) is 4.31. The molecule has 0 amide bonds. The second kappa shape index (κ2) is 5.96. The predicted octanol–water partition coefficient (Wildman–Crippen LogP) is 2.87. The van der Waals surface area contributed by atoms with Crippen molar-refractivity contribution in [3.8, 4) is 0 Å². The first-order chi connectivity index (χ1) is 8.76. The summed E-state index contributed by atoms with van der Waals surface area (Å²) >= 11 is 0. The lowest BCUT2D eigenvalue weighted by molar-refractivity contribution is 0.617. The van der Waals surface area contributed by atoms with Crippen molar-refractivity contribution in [3.05, 3.63) is 29.8 Å². The molecule has 2 N–H and O–H groups in total. The van der Waals surface area contributed by atoms with E-state index in [1.165, 1.54) is 6.07 Å². The highest BCUT2D eigenvalue weighted by molar-refractivity contribution is 5.76. The van der Waals surface area contributed by atoms with Gasteiger partial charge < -0.3 is 10.3 Å². The first-order valence-electron chi connectivity index (χ1n) is 6.61. The zero-order valence-corrected chi connectivity index (χ0v) is 10.8. The Morgan fingerprint density at radius 3 is 2.89 bits per heavy atom. The molecule has 98 valence electrons. The molecule has 0 unspecified atom stereocenters. The highest BCUT2D eigenvalue weighted by Gasteiger charge is 2.10. The number of nitrogens with two attached hydrogens (primary N) is 1. The quantitative estimate of drug-likeness (QED) is 0.800. The fraction of sp³-hybridized carbons (Fsp3) is 0.500. The van der Waals surface area contributed by atoms with E-state index in [1.807, 2.05) is 0 Å². The Labute approximate surface area is 107 Å². The van der Waals surface area contributed by atoms with Crippen molar-refractivity contribution >= 4 is 11.0 Å². The van der Waals surface area contributed by atoms with Crippen molar-refractivity contribution in [2.75, 3.05) is 6.54 Å². The summed E-state index contributed by atoms with van der Waals surface area (Å²) in [4.78, 5) is 4.60. The summed E-state index contributed by atoms with van der Waals surface area (Å²) in [5, 5.41) is 0. The van der Waals surface area contributed by atoms with Crippen molar-refractivity contribution in [2.45, 2.75) is 39.2 Å². The van der Waals surface area contributed by atoms with Crippen LogP contribution >= 0.6 is 0 Å². The Morgan fingerprint density at radius 2 is 2.17 bits per heavy atom. The van der Waals surface area contributed by atoms with Gasteiger partial charge in [-0.1, -0.05) is 6.92 Å². The Balaban J connectivity index is 2.35. The maximum atomic E-state index is 13.3. The molecule has 0 radical (unpaired) electrons. The van der Waals surface area contributed by atoms with Crippen LogP contribution in [0, 0.1) is 5.82 Å². The van der Waals surface area contributed by atoms with Crippen LogP contribution in [0.1, 0.15) is 32.0 Å². The number of nitrogens with zero attached hydrogens (tertiary/aromatic N) is 2. The van der Waals surface area contributed by atoms with E-state index < -0.39 is 0 Å². The molecule has 0 aliphatic rings. The number of imidazole rings is 1. The van der Waals surface area contributed by atoms with E-state index in [-0.39, 0.29) is 5.82 Å². The molecule has 0 fully saturated rings. The minimum atomic E-state index is -0.201. The van der Waals surface area contributed by atoms with E-state index >= 15 is 0 Å². The van der Waals surface area contributed by atoms with E-state index in [0.717, 1.165) is 49.1 Å². The normalized spacial score (nSPS) is 11.3. The number of aryl methyl sites for hydroxylation is 2. The molecule has 0 spiro atoms. The van der Waals surface area contributed by atoms with Gasteiger partial charge in [-0.15, -0.1) is 0 Å². The lowest BCUT2D eigenvalue weighted by Crippen LogP contribution is -2.05. The number of fused-ring (bicyclic) bond motifs is 1. The van der Waals surface area contributed by atoms with E-state index in [2.05, 4.69) is 16.5 Å². The molecular weight excluding hydrogens is 229 g/mol. The predicted molar refractivity (Wildman–Crippen MR) is 72.0 cm³/mol. The number of hydrogen-bond donors (Lipinski definition) is 1. The maximum absolute atomic E-state index is 13.3. The third-order valence-electron chi connectivity index (χ3n) is 3.09. The third kappa shape index (κ3) is 2.70. The maximum Gasteiger partial charge on any atom is 0.125 e. The summed E-state index contributed by atoms with van der Waals surface area (Å²) in [5.74, 6) is 0.846. The highest BCUT2D eigenvalue weighted by atomic mass is 19.1. The molecule has 0 aliphatic heterocycles. The zero-order valence-electron chi connectivity index (χ0n) is 10.8. The van der Waals surface area contributed by atoms with Gasteiger partial charge in [0.2, 0.25) is 0 Å². The lowest BCUT2D eigenvalue weighted by atomic mass is 10.2. The van der Waals surface area contributed by atoms with Gasteiger partial charge in [-0.2, -0.15) is 0 Å². The van der Waals surface area contributed by atoms with Crippen LogP contribution in [0.2, 0.25) is 0 Å². The van der Waals surface area contributed by atoms with Crippen LogP contribution in [0.3, 0.4) is 0 Å². The second-order valence-electron chi connectivity index (χ2n) is 4.56. The highest BCUT2D eigenvalue weighted by Crippen LogP contribution is 2.19. The fourth-order valence-corrected chi connectivity index (χ4v) is 2.24.